The van der Waals surface area contributed by atoms with Gasteiger partial charge < -0.3 is 5.32 Å². The van der Waals surface area contributed by atoms with Crippen molar-refractivity contribution in [2.24, 2.45) is 5.10 Å². The van der Waals surface area contributed by atoms with E-state index < -0.39 is 5.91 Å². The number of carbonyl (C=O) groups excluding carboxylic acids is 2. The second-order valence-electron chi connectivity index (χ2n) is 7.45. The first-order chi connectivity index (χ1) is 16.1. The van der Waals surface area contributed by atoms with Gasteiger partial charge in [-0.2, -0.15) is 5.10 Å². The molecule has 2 N–H and O–H groups in total. The van der Waals surface area contributed by atoms with Crippen LogP contribution in [0.25, 0.3) is 31.6 Å². The number of hydrogen-bond donors (Lipinski definition) is 2. The monoisotopic (exact) mass is 471 g/mol. The number of benzene rings is 4. The van der Waals surface area contributed by atoms with Gasteiger partial charge in [0.05, 0.1) is 17.8 Å². The van der Waals surface area contributed by atoms with Crippen molar-refractivity contribution in [3.63, 3.8) is 0 Å². The van der Waals surface area contributed by atoms with E-state index >= 15 is 0 Å². The van der Waals surface area contributed by atoms with Crippen LogP contribution in [0.15, 0.2) is 84.0 Å². The number of nitrogens with zero attached hydrogens (tertiary/aromatic N) is 1. The molecule has 7 heteroatoms. The Morgan fingerprint density at radius 1 is 0.879 bits per heavy atom. The van der Waals surface area contributed by atoms with Crippen molar-refractivity contribution in [1.82, 2.24) is 10.7 Å². The Kier molecular flexibility index (Phi) is 5.77. The van der Waals surface area contributed by atoms with Crippen molar-refractivity contribution in [1.29, 1.82) is 0 Å². The smallest absolute Gasteiger partial charge is 0.263 e. The maximum Gasteiger partial charge on any atom is 0.263 e. The van der Waals surface area contributed by atoms with Gasteiger partial charge in [0.15, 0.2) is 0 Å². The lowest BCUT2D eigenvalue weighted by Gasteiger charge is -2.08. The Morgan fingerprint density at radius 3 is 2.15 bits per heavy atom. The van der Waals surface area contributed by atoms with Crippen LogP contribution in [0.3, 0.4) is 0 Å². The van der Waals surface area contributed by atoms with Gasteiger partial charge in [-0.15, -0.1) is 11.3 Å². The third-order valence-electron chi connectivity index (χ3n) is 5.35. The Morgan fingerprint density at radius 2 is 1.48 bits per heavy atom. The molecule has 5 aromatic rings. The van der Waals surface area contributed by atoms with E-state index in [0.29, 0.717) is 9.90 Å². The van der Waals surface area contributed by atoms with Crippen LogP contribution in [0.4, 0.5) is 0 Å². The number of rotatable bonds is 5. The number of nitrogens with one attached hydrogen (secondary N) is 2. The van der Waals surface area contributed by atoms with Gasteiger partial charge in [0.1, 0.15) is 4.88 Å². The van der Waals surface area contributed by atoms with Crippen LogP contribution in [0, 0.1) is 0 Å². The quantitative estimate of drug-likeness (QED) is 0.195. The molecule has 0 atom stereocenters. The van der Waals surface area contributed by atoms with E-state index in [1.165, 1.54) is 11.3 Å². The van der Waals surface area contributed by atoms with Crippen LogP contribution < -0.4 is 10.7 Å². The summed E-state index contributed by atoms with van der Waals surface area (Å²) in [5.41, 5.74) is 3.42. The Balaban J connectivity index is 1.29. The molecule has 0 aliphatic heterocycles. The SMILES string of the molecule is O=C(CNC(=O)c1sc2ccccc2c1Cl)N/N=C/c1c2ccccc2cc2ccccc12. The molecule has 5 nitrogen and oxygen atoms in total. The zero-order valence-electron chi connectivity index (χ0n) is 17.3. The average molecular weight is 472 g/mol. The molecule has 0 unspecified atom stereocenters. The summed E-state index contributed by atoms with van der Waals surface area (Å²) in [4.78, 5) is 25.2. The normalized spacial score (nSPS) is 11.4. The zero-order chi connectivity index (χ0) is 22.8. The highest BCUT2D eigenvalue weighted by Crippen LogP contribution is 2.35. The minimum atomic E-state index is -0.429. The van der Waals surface area contributed by atoms with Crippen LogP contribution >= 0.6 is 22.9 Å². The van der Waals surface area contributed by atoms with Crippen molar-refractivity contribution < 1.29 is 9.59 Å². The van der Waals surface area contributed by atoms with Gasteiger partial charge in [0.25, 0.3) is 11.8 Å². The number of amides is 2. The molecule has 2 amide bonds. The van der Waals surface area contributed by atoms with Crippen LogP contribution in [0.2, 0.25) is 5.02 Å². The number of fused-ring (bicyclic) bond motifs is 3. The van der Waals surface area contributed by atoms with Gasteiger partial charge >= 0.3 is 0 Å². The molecule has 0 bridgehead atoms. The number of halogens is 1. The van der Waals surface area contributed by atoms with Gasteiger partial charge in [0.2, 0.25) is 0 Å². The highest BCUT2D eigenvalue weighted by molar-refractivity contribution is 7.21. The first-order valence-corrected chi connectivity index (χ1v) is 11.5. The van der Waals surface area contributed by atoms with Gasteiger partial charge in [0, 0.05) is 15.6 Å². The maximum atomic E-state index is 12.5. The summed E-state index contributed by atoms with van der Waals surface area (Å²) in [5.74, 6) is -0.818. The zero-order valence-corrected chi connectivity index (χ0v) is 18.9. The predicted octanol–water partition coefficient (Wildman–Crippen LogP) is 5.74. The van der Waals surface area contributed by atoms with Crippen LogP contribution in [-0.4, -0.2) is 24.6 Å². The maximum absolute atomic E-state index is 12.5. The van der Waals surface area contributed by atoms with Crippen LogP contribution in [0.5, 0.6) is 0 Å². The van der Waals surface area contributed by atoms with Crippen LogP contribution in [0.1, 0.15) is 15.2 Å². The fraction of sp³-hybridized carbons (Fsp3) is 0.0385. The Hall–Kier alpha value is -3.74. The fourth-order valence-corrected chi connectivity index (χ4v) is 5.23. The molecule has 1 heterocycles. The van der Waals surface area contributed by atoms with Crippen LogP contribution in [-0.2, 0) is 4.79 Å². The molecule has 0 spiro atoms. The lowest BCUT2D eigenvalue weighted by Crippen LogP contribution is -2.34. The van der Waals surface area contributed by atoms with E-state index in [1.54, 1.807) is 6.21 Å². The molecule has 0 radical (unpaired) electrons. The van der Waals surface area contributed by atoms with E-state index in [1.807, 2.05) is 72.8 Å². The van der Waals surface area contributed by atoms with Gasteiger partial charge in [-0.1, -0.05) is 78.3 Å². The third-order valence-corrected chi connectivity index (χ3v) is 7.02. The average Bonchev–Trinajstić information content (AvgIpc) is 3.18. The molecule has 0 aliphatic carbocycles. The molecular formula is C26H18ClN3O2S. The summed E-state index contributed by atoms with van der Waals surface area (Å²) in [6.45, 7) is -0.211. The molecule has 162 valence electrons. The van der Waals surface area contributed by atoms with Gasteiger partial charge in [-0.05, 0) is 33.7 Å². The topological polar surface area (TPSA) is 70.6 Å². The molecule has 0 saturated carbocycles. The molecular weight excluding hydrogens is 454 g/mol. The second kappa shape index (κ2) is 9.02. The first kappa shape index (κ1) is 21.1. The highest BCUT2D eigenvalue weighted by atomic mass is 35.5. The summed E-state index contributed by atoms with van der Waals surface area (Å²) >= 11 is 7.64. The number of carbonyl (C=O) groups is 2. The van der Waals surface area contributed by atoms with Crippen molar-refractivity contribution in [3.05, 3.63) is 94.3 Å². The Labute approximate surface area is 198 Å². The molecule has 0 fully saturated rings. The lowest BCUT2D eigenvalue weighted by atomic mass is 9.97. The van der Waals surface area contributed by atoms with Crippen molar-refractivity contribution in [2.75, 3.05) is 6.54 Å². The number of hydrazone groups is 1. The van der Waals surface area contributed by atoms with Crippen molar-refractivity contribution >= 4 is 72.6 Å². The second-order valence-corrected chi connectivity index (χ2v) is 8.88. The standard InChI is InChI=1S/C26H18ClN3O2S/c27-24-20-11-5-6-12-22(20)33-25(24)26(32)28-15-23(31)30-29-14-21-18-9-3-1-7-16(18)13-17-8-2-4-10-19(17)21/h1-14H,15H2,(H,28,32)(H,30,31)/b29-14+. The largest absolute Gasteiger partial charge is 0.342 e. The molecule has 5 rings (SSSR count). The summed E-state index contributed by atoms with van der Waals surface area (Å²) in [6.07, 6.45) is 1.65. The van der Waals surface area contributed by atoms with E-state index in [-0.39, 0.29) is 12.5 Å². The molecule has 0 aliphatic rings. The number of hydrogen-bond acceptors (Lipinski definition) is 4. The molecule has 0 saturated heterocycles. The number of thiophene rings is 1. The summed E-state index contributed by atoms with van der Waals surface area (Å²) in [5, 5.41) is 12.3. The van der Waals surface area contributed by atoms with Gasteiger partial charge in [-0.25, -0.2) is 5.43 Å². The Bertz CT molecular complexity index is 1500. The van der Waals surface area contributed by atoms with Crippen molar-refractivity contribution in [2.45, 2.75) is 0 Å². The van der Waals surface area contributed by atoms with Crippen molar-refractivity contribution in [3.8, 4) is 0 Å². The summed E-state index contributed by atoms with van der Waals surface area (Å²) in [7, 11) is 0. The lowest BCUT2D eigenvalue weighted by molar-refractivity contribution is -0.120. The highest BCUT2D eigenvalue weighted by Gasteiger charge is 2.17. The van der Waals surface area contributed by atoms with E-state index in [9.17, 15) is 9.59 Å². The molecule has 1 aromatic heterocycles. The van der Waals surface area contributed by atoms with E-state index in [0.717, 1.165) is 37.2 Å². The van der Waals surface area contributed by atoms with Gasteiger partial charge in [-0.3, -0.25) is 9.59 Å². The minimum absolute atomic E-state index is 0.211. The van der Waals surface area contributed by atoms with E-state index in [2.05, 4.69) is 21.9 Å². The third kappa shape index (κ3) is 4.18. The fourth-order valence-electron chi connectivity index (χ4n) is 3.80. The first-order valence-electron chi connectivity index (χ1n) is 10.3. The van der Waals surface area contributed by atoms with E-state index in [4.69, 9.17) is 11.6 Å². The predicted molar refractivity (Wildman–Crippen MR) is 136 cm³/mol. The minimum Gasteiger partial charge on any atom is -0.342 e. The molecule has 4 aromatic carbocycles. The summed E-state index contributed by atoms with van der Waals surface area (Å²) in [6, 6.07) is 25.7. The molecule has 33 heavy (non-hydrogen) atoms. The summed E-state index contributed by atoms with van der Waals surface area (Å²) < 4.78 is 0.920.